The van der Waals surface area contributed by atoms with Gasteiger partial charge in [-0.15, -0.1) is 0 Å². The minimum atomic E-state index is -4.75. The first-order chi connectivity index (χ1) is 8.68. The van der Waals surface area contributed by atoms with Gasteiger partial charge in [-0.2, -0.15) is 17.6 Å². The zero-order chi connectivity index (χ0) is 14.4. The van der Waals surface area contributed by atoms with Gasteiger partial charge in [-0.05, 0) is 24.1 Å². The molecule has 0 fully saturated rings. The van der Waals surface area contributed by atoms with Gasteiger partial charge in [0.2, 0.25) is 0 Å². The van der Waals surface area contributed by atoms with E-state index in [1.54, 1.807) is 6.92 Å². The van der Waals surface area contributed by atoms with E-state index >= 15 is 0 Å². The highest BCUT2D eigenvalue weighted by molar-refractivity contribution is 6.31. The van der Waals surface area contributed by atoms with Gasteiger partial charge in [-0.1, -0.05) is 18.5 Å². The second kappa shape index (κ2) is 4.42. The van der Waals surface area contributed by atoms with Gasteiger partial charge in [0.25, 0.3) is 0 Å². The second-order valence-electron chi connectivity index (χ2n) is 4.19. The van der Waals surface area contributed by atoms with E-state index in [1.165, 1.54) is 0 Å². The van der Waals surface area contributed by atoms with Crippen LogP contribution in [0.1, 0.15) is 18.4 Å². The van der Waals surface area contributed by atoms with Crippen LogP contribution in [-0.2, 0) is 0 Å². The molecule has 2 rings (SSSR count). The van der Waals surface area contributed by atoms with Crippen molar-refractivity contribution in [3.8, 4) is 11.5 Å². The van der Waals surface area contributed by atoms with E-state index in [-0.39, 0.29) is 17.5 Å². The summed E-state index contributed by atoms with van der Waals surface area (Å²) in [6.45, 7) is 1.93. The molecule has 0 aliphatic carbocycles. The first kappa shape index (κ1) is 14.2. The van der Waals surface area contributed by atoms with Crippen molar-refractivity contribution >= 4 is 11.6 Å². The Hall–Kier alpha value is -1.21. The summed E-state index contributed by atoms with van der Waals surface area (Å²) in [7, 11) is 0. The fraction of sp³-hybridized carbons (Fsp3) is 0.455. The maximum Gasteiger partial charge on any atom is 0.507 e. The minimum Gasteiger partial charge on any atom is -0.421 e. The molecular weight excluding hydrogens is 290 g/mol. The van der Waals surface area contributed by atoms with Crippen LogP contribution in [0.15, 0.2) is 12.1 Å². The van der Waals surface area contributed by atoms with Gasteiger partial charge >= 0.3 is 12.2 Å². The lowest BCUT2D eigenvalue weighted by atomic mass is 10.0. The molecule has 1 aliphatic heterocycles. The zero-order valence-corrected chi connectivity index (χ0v) is 10.5. The molecule has 3 nitrogen and oxygen atoms in total. The lowest BCUT2D eigenvalue weighted by Gasteiger charge is -2.32. The lowest BCUT2D eigenvalue weighted by Crippen LogP contribution is -2.52. The van der Waals surface area contributed by atoms with Gasteiger partial charge < -0.3 is 15.2 Å². The Kier molecular flexibility index (Phi) is 3.30. The van der Waals surface area contributed by atoms with Crippen molar-refractivity contribution in [3.63, 3.8) is 0 Å². The van der Waals surface area contributed by atoms with Crippen molar-refractivity contribution in [1.29, 1.82) is 0 Å². The molecular formula is C11H10ClF4NO2. The highest BCUT2D eigenvalue weighted by atomic mass is 35.5. The number of alkyl halides is 4. The van der Waals surface area contributed by atoms with E-state index in [0.29, 0.717) is 5.56 Å². The molecule has 0 spiro atoms. The zero-order valence-electron chi connectivity index (χ0n) is 9.72. The number of nitrogens with two attached hydrogens (primary N) is 1. The molecule has 0 aromatic heterocycles. The maximum absolute atomic E-state index is 13.0. The molecule has 1 heterocycles. The van der Waals surface area contributed by atoms with E-state index < -0.39 is 23.7 Å². The van der Waals surface area contributed by atoms with Crippen molar-refractivity contribution < 1.29 is 27.0 Å². The summed E-state index contributed by atoms with van der Waals surface area (Å²) >= 11 is 5.88. The smallest absolute Gasteiger partial charge is 0.421 e. The molecule has 0 amide bonds. The Balaban J connectivity index is 2.48. The summed E-state index contributed by atoms with van der Waals surface area (Å²) in [5, 5.41) is 0.0984. The van der Waals surface area contributed by atoms with Crippen molar-refractivity contribution in [2.24, 2.45) is 5.73 Å². The average molecular weight is 300 g/mol. The van der Waals surface area contributed by atoms with Gasteiger partial charge in [-0.3, -0.25) is 0 Å². The predicted octanol–water partition coefficient (Wildman–Crippen LogP) is 3.36. The van der Waals surface area contributed by atoms with E-state index in [9.17, 15) is 17.6 Å². The number of fused-ring (bicyclic) bond motifs is 1. The molecule has 106 valence electrons. The molecule has 1 aromatic carbocycles. The van der Waals surface area contributed by atoms with Crippen LogP contribution in [0.3, 0.4) is 0 Å². The SMILES string of the molecule is CC(CN)c1cc2c(cc1Cl)OC(F)(F)C(F)(F)O2. The van der Waals surface area contributed by atoms with Crippen molar-refractivity contribution in [1.82, 2.24) is 0 Å². The summed E-state index contributed by atoms with van der Waals surface area (Å²) in [5.74, 6) is -1.26. The fourth-order valence-corrected chi connectivity index (χ4v) is 1.95. The Labute approximate surface area is 111 Å². The molecule has 1 atom stereocenters. The summed E-state index contributed by atoms with van der Waals surface area (Å²) in [4.78, 5) is 0. The monoisotopic (exact) mass is 299 g/mol. The number of hydrogen-bond donors (Lipinski definition) is 1. The van der Waals surface area contributed by atoms with Gasteiger partial charge in [0.05, 0.1) is 0 Å². The average Bonchev–Trinajstić information content (AvgIpc) is 2.29. The van der Waals surface area contributed by atoms with Crippen molar-refractivity contribution in [2.75, 3.05) is 6.54 Å². The van der Waals surface area contributed by atoms with Gasteiger partial charge in [0.15, 0.2) is 11.5 Å². The van der Waals surface area contributed by atoms with E-state index in [2.05, 4.69) is 9.47 Å². The van der Waals surface area contributed by atoms with Crippen LogP contribution in [0, 0.1) is 0 Å². The summed E-state index contributed by atoms with van der Waals surface area (Å²) in [6, 6.07) is 2.15. The van der Waals surface area contributed by atoms with Crippen molar-refractivity contribution in [2.45, 2.75) is 25.1 Å². The number of ether oxygens (including phenoxy) is 2. The number of hydrogen-bond acceptors (Lipinski definition) is 3. The molecule has 0 saturated carbocycles. The maximum atomic E-state index is 13.0. The third kappa shape index (κ3) is 2.32. The molecule has 19 heavy (non-hydrogen) atoms. The topological polar surface area (TPSA) is 44.5 Å². The highest BCUT2D eigenvalue weighted by Crippen LogP contribution is 2.48. The summed E-state index contributed by atoms with van der Waals surface area (Å²) in [5.41, 5.74) is 5.87. The molecule has 8 heteroatoms. The highest BCUT2D eigenvalue weighted by Gasteiger charge is 2.66. The third-order valence-corrected chi connectivity index (χ3v) is 3.09. The Morgan fingerprint density at radius 3 is 2.11 bits per heavy atom. The largest absolute Gasteiger partial charge is 0.507 e. The van der Waals surface area contributed by atoms with E-state index in [4.69, 9.17) is 17.3 Å². The van der Waals surface area contributed by atoms with Gasteiger partial charge in [0.1, 0.15) is 0 Å². The fourth-order valence-electron chi connectivity index (χ4n) is 1.61. The first-order valence-corrected chi connectivity index (χ1v) is 5.73. The Bertz CT molecular complexity index is 510. The minimum absolute atomic E-state index is 0.0984. The molecule has 1 aliphatic rings. The number of halogens is 5. The second-order valence-corrected chi connectivity index (χ2v) is 4.60. The van der Waals surface area contributed by atoms with Crippen LogP contribution in [0.5, 0.6) is 11.5 Å². The quantitative estimate of drug-likeness (QED) is 0.852. The van der Waals surface area contributed by atoms with Crippen LogP contribution in [0.25, 0.3) is 0 Å². The molecule has 0 saturated heterocycles. The van der Waals surface area contributed by atoms with E-state index in [0.717, 1.165) is 12.1 Å². The van der Waals surface area contributed by atoms with Crippen LogP contribution in [-0.4, -0.2) is 18.8 Å². The van der Waals surface area contributed by atoms with Gasteiger partial charge in [0, 0.05) is 11.1 Å². The molecule has 1 aromatic rings. The number of benzene rings is 1. The normalized spacial score (nSPS) is 21.0. The summed E-state index contributed by atoms with van der Waals surface area (Å²) < 4.78 is 59.9. The van der Waals surface area contributed by atoms with Crippen LogP contribution in [0.2, 0.25) is 5.02 Å². The van der Waals surface area contributed by atoms with Crippen LogP contribution in [0.4, 0.5) is 17.6 Å². The number of rotatable bonds is 2. The first-order valence-electron chi connectivity index (χ1n) is 5.35. The lowest BCUT2D eigenvalue weighted by molar-refractivity contribution is -0.391. The molecule has 2 N–H and O–H groups in total. The Morgan fingerprint density at radius 2 is 1.63 bits per heavy atom. The van der Waals surface area contributed by atoms with Crippen LogP contribution >= 0.6 is 11.6 Å². The molecule has 0 bridgehead atoms. The summed E-state index contributed by atoms with van der Waals surface area (Å²) in [6.07, 6.45) is -9.48. The predicted molar refractivity (Wildman–Crippen MR) is 60.1 cm³/mol. The standard InChI is InChI=1S/C11H10ClF4NO2/c1-5(4-17)6-2-8-9(3-7(6)12)19-11(15,16)10(13,14)18-8/h2-3,5H,4,17H2,1H3. The van der Waals surface area contributed by atoms with Crippen molar-refractivity contribution in [3.05, 3.63) is 22.7 Å². The third-order valence-electron chi connectivity index (χ3n) is 2.76. The van der Waals surface area contributed by atoms with Gasteiger partial charge in [-0.25, -0.2) is 0 Å². The molecule has 0 radical (unpaired) electrons. The molecule has 1 unspecified atom stereocenters. The van der Waals surface area contributed by atoms with E-state index in [1.807, 2.05) is 0 Å². The Morgan fingerprint density at radius 1 is 1.16 bits per heavy atom. The van der Waals surface area contributed by atoms with Crippen LogP contribution < -0.4 is 15.2 Å².